The van der Waals surface area contributed by atoms with E-state index in [0.29, 0.717) is 19.3 Å². The van der Waals surface area contributed by atoms with Gasteiger partial charge in [-0.15, -0.1) is 0 Å². The maximum Gasteiger partial charge on any atom is 0.306 e. The highest BCUT2D eigenvalue weighted by Crippen LogP contribution is 2.14. The minimum atomic E-state index is -0.786. The van der Waals surface area contributed by atoms with Crippen molar-refractivity contribution in [1.29, 1.82) is 0 Å². The Hall–Kier alpha value is -3.93. The maximum absolute atomic E-state index is 12.7. The van der Waals surface area contributed by atoms with Gasteiger partial charge in [-0.1, -0.05) is 239 Å². The zero-order valence-electron chi connectivity index (χ0n) is 43.4. The number of ether oxygens (including phenoxy) is 3. The van der Waals surface area contributed by atoms with Crippen LogP contribution in [0.3, 0.4) is 0 Å². The van der Waals surface area contributed by atoms with Crippen molar-refractivity contribution in [3.05, 3.63) is 109 Å². The first-order valence-corrected chi connectivity index (χ1v) is 27.4. The third-order valence-electron chi connectivity index (χ3n) is 11.3. The van der Waals surface area contributed by atoms with E-state index < -0.39 is 6.10 Å². The molecule has 0 aliphatic carbocycles. The molecule has 0 bridgehead atoms. The second-order valence-electron chi connectivity index (χ2n) is 17.8. The summed E-state index contributed by atoms with van der Waals surface area (Å²) in [7, 11) is 0. The molecular formula is C61H100O6. The third kappa shape index (κ3) is 52.9. The summed E-state index contributed by atoms with van der Waals surface area (Å²) >= 11 is 0. The first-order valence-electron chi connectivity index (χ1n) is 27.4. The summed E-state index contributed by atoms with van der Waals surface area (Å²) in [6.07, 6.45) is 74.1. The number of hydrogen-bond donors (Lipinski definition) is 0. The van der Waals surface area contributed by atoms with Gasteiger partial charge in [-0.3, -0.25) is 14.4 Å². The van der Waals surface area contributed by atoms with Gasteiger partial charge in [0.1, 0.15) is 13.2 Å². The first-order chi connectivity index (χ1) is 33.0. The zero-order chi connectivity index (χ0) is 48.6. The molecule has 0 spiro atoms. The molecule has 1 atom stereocenters. The molecule has 0 aromatic rings. The highest BCUT2D eigenvalue weighted by molar-refractivity contribution is 5.71. The third-order valence-corrected chi connectivity index (χ3v) is 11.3. The molecule has 6 heteroatoms. The maximum atomic E-state index is 12.7. The molecule has 67 heavy (non-hydrogen) atoms. The van der Waals surface area contributed by atoms with Gasteiger partial charge in [0, 0.05) is 19.3 Å². The number of unbranched alkanes of at least 4 members (excludes halogenated alkanes) is 19. The van der Waals surface area contributed by atoms with Crippen LogP contribution in [0.1, 0.15) is 239 Å². The molecular weight excluding hydrogens is 829 g/mol. The molecule has 0 saturated heterocycles. The molecule has 1 unspecified atom stereocenters. The van der Waals surface area contributed by atoms with E-state index in [1.807, 2.05) is 0 Å². The summed E-state index contributed by atoms with van der Waals surface area (Å²) in [6, 6.07) is 0. The van der Waals surface area contributed by atoms with Crippen molar-refractivity contribution in [1.82, 2.24) is 0 Å². The largest absolute Gasteiger partial charge is 0.462 e. The van der Waals surface area contributed by atoms with Crippen LogP contribution >= 0.6 is 0 Å². The molecule has 0 heterocycles. The number of rotatable bonds is 48. The van der Waals surface area contributed by atoms with E-state index in [1.165, 1.54) is 70.6 Å². The molecule has 0 aromatic heterocycles. The van der Waals surface area contributed by atoms with Crippen molar-refractivity contribution in [2.24, 2.45) is 0 Å². The SMILES string of the molecule is CC/C=C\C/C=C\C/C=C\C/C=C\C/C=C\C/C=C\C/C=C\C/C=C\C/C=C\CCCCCC(=O)OCC(COC(=O)CCCCCCC)OC(=O)CCCCCCCCCCCCCCC. The van der Waals surface area contributed by atoms with Crippen LogP contribution in [0.25, 0.3) is 0 Å². The Bertz CT molecular complexity index is 1390. The van der Waals surface area contributed by atoms with Crippen molar-refractivity contribution in [3.8, 4) is 0 Å². The Morgan fingerprint density at radius 1 is 0.313 bits per heavy atom. The van der Waals surface area contributed by atoms with Crippen LogP contribution in [0.5, 0.6) is 0 Å². The fourth-order valence-electron chi connectivity index (χ4n) is 7.20. The van der Waals surface area contributed by atoms with Crippen LogP contribution in [0.2, 0.25) is 0 Å². The van der Waals surface area contributed by atoms with Crippen LogP contribution < -0.4 is 0 Å². The summed E-state index contributed by atoms with van der Waals surface area (Å²) in [6.45, 7) is 6.40. The van der Waals surface area contributed by atoms with Crippen LogP contribution in [0.15, 0.2) is 109 Å². The molecule has 0 saturated carbocycles. The minimum absolute atomic E-state index is 0.0886. The average Bonchev–Trinajstić information content (AvgIpc) is 3.33. The van der Waals surface area contributed by atoms with Crippen molar-refractivity contribution >= 4 is 17.9 Å². The van der Waals surface area contributed by atoms with Crippen LogP contribution in [-0.2, 0) is 28.6 Å². The first kappa shape index (κ1) is 63.1. The average molecular weight is 929 g/mol. The highest BCUT2D eigenvalue weighted by atomic mass is 16.6. The summed E-state index contributed by atoms with van der Waals surface area (Å²) in [4.78, 5) is 37.7. The number of carbonyl (C=O) groups is 3. The van der Waals surface area contributed by atoms with E-state index in [0.717, 1.165) is 128 Å². The van der Waals surface area contributed by atoms with Crippen LogP contribution in [0.4, 0.5) is 0 Å². The van der Waals surface area contributed by atoms with Crippen molar-refractivity contribution in [3.63, 3.8) is 0 Å². The van der Waals surface area contributed by atoms with Gasteiger partial charge in [-0.25, -0.2) is 0 Å². The van der Waals surface area contributed by atoms with Crippen LogP contribution in [-0.4, -0.2) is 37.2 Å². The van der Waals surface area contributed by atoms with Gasteiger partial charge in [0.15, 0.2) is 6.10 Å². The number of allylic oxidation sites excluding steroid dienone is 18. The molecule has 0 N–H and O–H groups in total. The second kappa shape index (κ2) is 54.7. The molecule has 6 nitrogen and oxygen atoms in total. The van der Waals surface area contributed by atoms with Crippen molar-refractivity contribution in [2.75, 3.05) is 13.2 Å². The van der Waals surface area contributed by atoms with E-state index in [4.69, 9.17) is 14.2 Å². The molecule has 0 fully saturated rings. The highest BCUT2D eigenvalue weighted by Gasteiger charge is 2.19. The van der Waals surface area contributed by atoms with Gasteiger partial charge in [-0.2, -0.15) is 0 Å². The standard InChI is InChI=1S/C61H100O6/c1-4-7-10-13-15-17-19-21-22-23-24-25-26-27-28-29-30-31-32-33-34-35-36-37-38-40-41-43-45-48-51-54-60(63)66-57-58(56-65-59(62)53-50-47-12-9-6-3)67-61(64)55-52-49-46-44-42-39-20-18-16-14-11-8-5-2/h7,10,15,17,21-22,24-25,27-28,30-31,33-34,36-37,40-41,58H,4-6,8-9,11-14,16,18-20,23,26,29,32,35,38-39,42-57H2,1-3H3/b10-7-,17-15-,22-21-,25-24-,28-27-,31-30-,34-33-,37-36-,41-40-. The molecule has 0 aliphatic heterocycles. The van der Waals surface area contributed by atoms with E-state index in [2.05, 4.69) is 130 Å². The van der Waals surface area contributed by atoms with E-state index in [9.17, 15) is 14.4 Å². The topological polar surface area (TPSA) is 78.9 Å². The lowest BCUT2D eigenvalue weighted by Crippen LogP contribution is -2.30. The quantitative estimate of drug-likeness (QED) is 0.0262. The Kier molecular flexibility index (Phi) is 51.5. The lowest BCUT2D eigenvalue weighted by molar-refractivity contribution is -0.167. The fraction of sp³-hybridized carbons (Fsp3) is 0.656. The van der Waals surface area contributed by atoms with Gasteiger partial charge in [0.2, 0.25) is 0 Å². The summed E-state index contributed by atoms with van der Waals surface area (Å²) in [5, 5.41) is 0. The summed E-state index contributed by atoms with van der Waals surface area (Å²) in [5.74, 6) is -0.939. The lowest BCUT2D eigenvalue weighted by Gasteiger charge is -2.18. The predicted octanol–water partition coefficient (Wildman–Crippen LogP) is 18.3. The van der Waals surface area contributed by atoms with Gasteiger partial charge in [0.05, 0.1) is 0 Å². The van der Waals surface area contributed by atoms with Gasteiger partial charge < -0.3 is 14.2 Å². The van der Waals surface area contributed by atoms with Crippen molar-refractivity contribution < 1.29 is 28.6 Å². The molecule has 0 amide bonds. The fourth-order valence-corrected chi connectivity index (χ4v) is 7.20. The monoisotopic (exact) mass is 929 g/mol. The summed E-state index contributed by atoms with van der Waals surface area (Å²) < 4.78 is 16.6. The lowest BCUT2D eigenvalue weighted by atomic mass is 10.0. The normalized spacial score (nSPS) is 12.9. The number of carbonyl (C=O) groups excluding carboxylic acids is 3. The van der Waals surface area contributed by atoms with Gasteiger partial charge in [-0.05, 0) is 89.9 Å². The number of esters is 3. The number of hydrogen-bond acceptors (Lipinski definition) is 6. The molecule has 0 rings (SSSR count). The van der Waals surface area contributed by atoms with Crippen LogP contribution in [0, 0.1) is 0 Å². The van der Waals surface area contributed by atoms with E-state index in [1.54, 1.807) is 0 Å². The second-order valence-corrected chi connectivity index (χ2v) is 17.8. The minimum Gasteiger partial charge on any atom is -0.462 e. The Morgan fingerprint density at radius 2 is 0.582 bits per heavy atom. The molecule has 0 aliphatic rings. The van der Waals surface area contributed by atoms with Crippen molar-refractivity contribution in [2.45, 2.75) is 245 Å². The predicted molar refractivity (Wildman–Crippen MR) is 288 cm³/mol. The Morgan fingerprint density at radius 3 is 0.910 bits per heavy atom. The molecule has 380 valence electrons. The van der Waals surface area contributed by atoms with E-state index in [-0.39, 0.29) is 31.1 Å². The van der Waals surface area contributed by atoms with Gasteiger partial charge >= 0.3 is 17.9 Å². The Balaban J connectivity index is 4.17. The van der Waals surface area contributed by atoms with Gasteiger partial charge in [0.25, 0.3) is 0 Å². The zero-order valence-corrected chi connectivity index (χ0v) is 43.4. The summed E-state index contributed by atoms with van der Waals surface area (Å²) in [5.41, 5.74) is 0. The van der Waals surface area contributed by atoms with E-state index >= 15 is 0 Å². The smallest absolute Gasteiger partial charge is 0.306 e. The Labute approximate surface area is 412 Å². The molecule has 0 radical (unpaired) electrons. The molecule has 0 aromatic carbocycles.